The zero-order valence-corrected chi connectivity index (χ0v) is 11.0. The van der Waals surface area contributed by atoms with Crippen LogP contribution in [0.5, 0.6) is 0 Å². The van der Waals surface area contributed by atoms with E-state index in [1.165, 1.54) is 5.56 Å². The van der Waals surface area contributed by atoms with Gasteiger partial charge in [0.15, 0.2) is 0 Å². The van der Waals surface area contributed by atoms with Crippen LogP contribution in [0.4, 0.5) is 0 Å². The van der Waals surface area contributed by atoms with Crippen molar-refractivity contribution >= 4 is 5.91 Å². The molecule has 1 aromatic carbocycles. The Kier molecular flexibility index (Phi) is 4.70. The fourth-order valence-electron chi connectivity index (χ4n) is 1.84. The number of carbonyl (C=O) groups is 1. The van der Waals surface area contributed by atoms with Gasteiger partial charge in [-0.25, -0.2) is 0 Å². The summed E-state index contributed by atoms with van der Waals surface area (Å²) in [5.41, 5.74) is 3.18. The number of rotatable bonds is 4. The Bertz CT molecular complexity index is 399. The minimum atomic E-state index is -0.556. The lowest BCUT2D eigenvalue weighted by molar-refractivity contribution is -0.129. The van der Waals surface area contributed by atoms with Gasteiger partial charge in [-0.3, -0.25) is 4.79 Å². The quantitative estimate of drug-likeness (QED) is 0.869. The third-order valence-corrected chi connectivity index (χ3v) is 2.91. The summed E-state index contributed by atoms with van der Waals surface area (Å²) < 4.78 is 0. The maximum Gasteiger partial charge on any atom is 0.222 e. The SMILES string of the molecule is Cc1ccc(C(O)CCC(=O)N(C)C)c(C)c1. The van der Waals surface area contributed by atoms with Gasteiger partial charge in [0.05, 0.1) is 6.10 Å². The molecule has 1 amide bonds. The van der Waals surface area contributed by atoms with Crippen molar-refractivity contribution in [2.45, 2.75) is 32.8 Å². The highest BCUT2D eigenvalue weighted by Crippen LogP contribution is 2.22. The third kappa shape index (κ3) is 3.86. The number of carbonyl (C=O) groups excluding carboxylic acids is 1. The lowest BCUT2D eigenvalue weighted by Gasteiger charge is -2.15. The normalized spacial score (nSPS) is 12.3. The monoisotopic (exact) mass is 235 g/mol. The number of aryl methyl sites for hydroxylation is 2. The van der Waals surface area contributed by atoms with Gasteiger partial charge in [0.2, 0.25) is 5.91 Å². The zero-order valence-electron chi connectivity index (χ0n) is 11.0. The molecule has 1 rings (SSSR count). The smallest absolute Gasteiger partial charge is 0.222 e. The second-order valence-corrected chi connectivity index (χ2v) is 4.70. The number of amides is 1. The topological polar surface area (TPSA) is 40.5 Å². The standard InChI is InChI=1S/C14H21NO2/c1-10-5-6-12(11(2)9-10)13(16)7-8-14(17)15(3)4/h5-6,9,13,16H,7-8H2,1-4H3. The van der Waals surface area contributed by atoms with Crippen molar-refractivity contribution in [3.05, 3.63) is 34.9 Å². The summed E-state index contributed by atoms with van der Waals surface area (Å²) in [6.45, 7) is 4.01. The van der Waals surface area contributed by atoms with Crippen molar-refractivity contribution in [3.63, 3.8) is 0 Å². The molecule has 0 aromatic heterocycles. The number of aliphatic hydroxyl groups excluding tert-OH is 1. The van der Waals surface area contributed by atoms with Gasteiger partial charge in [0, 0.05) is 20.5 Å². The van der Waals surface area contributed by atoms with Crippen LogP contribution >= 0.6 is 0 Å². The molecule has 0 aliphatic heterocycles. The van der Waals surface area contributed by atoms with Crippen LogP contribution in [0, 0.1) is 13.8 Å². The molecule has 0 radical (unpaired) electrons. The molecule has 0 heterocycles. The first-order valence-corrected chi connectivity index (χ1v) is 5.87. The molecule has 3 heteroatoms. The van der Waals surface area contributed by atoms with Crippen molar-refractivity contribution in [2.75, 3.05) is 14.1 Å². The Balaban J connectivity index is 2.64. The zero-order chi connectivity index (χ0) is 13.0. The molecule has 17 heavy (non-hydrogen) atoms. The van der Waals surface area contributed by atoms with Gasteiger partial charge in [-0.15, -0.1) is 0 Å². The van der Waals surface area contributed by atoms with Gasteiger partial charge in [-0.1, -0.05) is 23.8 Å². The number of nitrogens with zero attached hydrogens (tertiary/aromatic N) is 1. The van der Waals surface area contributed by atoms with Crippen molar-refractivity contribution < 1.29 is 9.90 Å². The Labute approximate surface area is 103 Å². The minimum absolute atomic E-state index is 0.0498. The van der Waals surface area contributed by atoms with Crippen molar-refractivity contribution in [1.29, 1.82) is 0 Å². The van der Waals surface area contributed by atoms with E-state index in [0.29, 0.717) is 12.8 Å². The summed E-state index contributed by atoms with van der Waals surface area (Å²) in [6, 6.07) is 5.97. The predicted molar refractivity (Wildman–Crippen MR) is 68.8 cm³/mol. The second kappa shape index (κ2) is 5.82. The highest BCUT2D eigenvalue weighted by molar-refractivity contribution is 5.75. The van der Waals surface area contributed by atoms with Gasteiger partial charge in [0.25, 0.3) is 0 Å². The van der Waals surface area contributed by atoms with Crippen LogP contribution in [-0.2, 0) is 4.79 Å². The first-order valence-electron chi connectivity index (χ1n) is 5.87. The highest BCUT2D eigenvalue weighted by atomic mass is 16.3. The summed E-state index contributed by atoms with van der Waals surface area (Å²) in [5, 5.41) is 10.1. The van der Waals surface area contributed by atoms with E-state index in [9.17, 15) is 9.90 Å². The maximum absolute atomic E-state index is 11.4. The van der Waals surface area contributed by atoms with Gasteiger partial charge in [-0.05, 0) is 31.4 Å². The van der Waals surface area contributed by atoms with Crippen LogP contribution in [0.3, 0.4) is 0 Å². The summed E-state index contributed by atoms with van der Waals surface area (Å²) in [4.78, 5) is 13.0. The summed E-state index contributed by atoms with van der Waals surface area (Å²) >= 11 is 0. The molecule has 1 atom stereocenters. The molecule has 1 N–H and O–H groups in total. The summed E-state index contributed by atoms with van der Waals surface area (Å²) in [6.07, 6.45) is 0.294. The van der Waals surface area contributed by atoms with E-state index in [0.717, 1.165) is 11.1 Å². The fourth-order valence-corrected chi connectivity index (χ4v) is 1.84. The van der Waals surface area contributed by atoms with Crippen LogP contribution < -0.4 is 0 Å². The molecule has 1 aromatic rings. The molecule has 0 saturated carbocycles. The Morgan fingerprint density at radius 2 is 2.00 bits per heavy atom. The van der Waals surface area contributed by atoms with E-state index < -0.39 is 6.10 Å². The molecule has 0 fully saturated rings. The maximum atomic E-state index is 11.4. The second-order valence-electron chi connectivity index (χ2n) is 4.70. The van der Waals surface area contributed by atoms with E-state index in [-0.39, 0.29) is 5.91 Å². The van der Waals surface area contributed by atoms with Crippen LogP contribution in [0.15, 0.2) is 18.2 Å². The van der Waals surface area contributed by atoms with Crippen molar-refractivity contribution in [2.24, 2.45) is 0 Å². The average Bonchev–Trinajstić information content (AvgIpc) is 2.25. The molecule has 94 valence electrons. The molecule has 0 saturated heterocycles. The fraction of sp³-hybridized carbons (Fsp3) is 0.500. The van der Waals surface area contributed by atoms with Crippen LogP contribution in [0.25, 0.3) is 0 Å². The number of hydrogen-bond donors (Lipinski definition) is 1. The molecule has 0 aliphatic rings. The van der Waals surface area contributed by atoms with E-state index in [2.05, 4.69) is 0 Å². The van der Waals surface area contributed by atoms with Gasteiger partial charge in [-0.2, -0.15) is 0 Å². The third-order valence-electron chi connectivity index (χ3n) is 2.91. The Hall–Kier alpha value is -1.35. The summed E-state index contributed by atoms with van der Waals surface area (Å²) in [5.74, 6) is 0.0498. The Morgan fingerprint density at radius 3 is 2.53 bits per heavy atom. The van der Waals surface area contributed by atoms with E-state index in [1.54, 1.807) is 19.0 Å². The number of hydrogen-bond acceptors (Lipinski definition) is 2. The lowest BCUT2D eigenvalue weighted by atomic mass is 9.98. The lowest BCUT2D eigenvalue weighted by Crippen LogP contribution is -2.21. The molecular formula is C14H21NO2. The highest BCUT2D eigenvalue weighted by Gasteiger charge is 2.13. The van der Waals surface area contributed by atoms with Crippen molar-refractivity contribution in [1.82, 2.24) is 4.90 Å². The van der Waals surface area contributed by atoms with E-state index in [1.807, 2.05) is 32.0 Å². The molecule has 3 nitrogen and oxygen atoms in total. The van der Waals surface area contributed by atoms with Gasteiger partial charge in [0.1, 0.15) is 0 Å². The molecule has 0 aliphatic carbocycles. The van der Waals surface area contributed by atoms with Crippen LogP contribution in [-0.4, -0.2) is 30.0 Å². The molecule has 0 bridgehead atoms. The van der Waals surface area contributed by atoms with Crippen LogP contribution in [0.2, 0.25) is 0 Å². The average molecular weight is 235 g/mol. The first-order chi connectivity index (χ1) is 7.91. The van der Waals surface area contributed by atoms with Gasteiger partial charge < -0.3 is 10.0 Å². The van der Waals surface area contributed by atoms with Crippen LogP contribution in [0.1, 0.15) is 35.6 Å². The van der Waals surface area contributed by atoms with E-state index >= 15 is 0 Å². The number of aliphatic hydroxyl groups is 1. The number of benzene rings is 1. The van der Waals surface area contributed by atoms with E-state index in [4.69, 9.17) is 0 Å². The Morgan fingerprint density at radius 1 is 1.35 bits per heavy atom. The predicted octanol–water partition coefficient (Wildman–Crippen LogP) is 2.21. The first kappa shape index (κ1) is 13.7. The molecule has 0 spiro atoms. The largest absolute Gasteiger partial charge is 0.388 e. The summed E-state index contributed by atoms with van der Waals surface area (Å²) in [7, 11) is 3.46. The minimum Gasteiger partial charge on any atom is -0.388 e. The van der Waals surface area contributed by atoms with Gasteiger partial charge >= 0.3 is 0 Å². The molecular weight excluding hydrogens is 214 g/mol. The van der Waals surface area contributed by atoms with Crippen molar-refractivity contribution in [3.8, 4) is 0 Å². The molecule has 1 unspecified atom stereocenters.